The molecule has 1 fully saturated rings. The Labute approximate surface area is 230 Å². The van der Waals surface area contributed by atoms with Crippen LogP contribution in [0.3, 0.4) is 0 Å². The first-order valence-electron chi connectivity index (χ1n) is 10.8. The lowest BCUT2D eigenvalue weighted by Gasteiger charge is -2.22. The Balaban J connectivity index is 2.22. The van der Waals surface area contributed by atoms with E-state index in [2.05, 4.69) is 31.2 Å². The van der Waals surface area contributed by atoms with E-state index in [4.69, 9.17) is 23.8 Å². The predicted octanol–water partition coefficient (Wildman–Crippen LogP) is 0.283. The second-order valence-electron chi connectivity index (χ2n) is 8.65. The molecular weight excluding hydrogens is 627 g/mol. The molecule has 1 aliphatic rings. The van der Waals surface area contributed by atoms with E-state index in [1.54, 1.807) is 0 Å². The molecule has 1 aromatic rings. The van der Waals surface area contributed by atoms with E-state index in [1.807, 2.05) is 20.8 Å². The summed E-state index contributed by atoms with van der Waals surface area (Å²) in [6.45, 7) is 5.39. The Morgan fingerprint density at radius 2 is 1.85 bits per heavy atom. The van der Waals surface area contributed by atoms with Crippen LogP contribution in [0.4, 0.5) is 0 Å². The second kappa shape index (κ2) is 13.9. The summed E-state index contributed by atoms with van der Waals surface area (Å²) in [7, 11) is -13.8. The number of aromatic amines is 1. The van der Waals surface area contributed by atoms with Crippen LogP contribution >= 0.6 is 45.1 Å². The van der Waals surface area contributed by atoms with Gasteiger partial charge in [0.05, 0.1) is 12.7 Å². The van der Waals surface area contributed by atoms with Crippen molar-refractivity contribution in [2.24, 2.45) is 0 Å². The number of ether oxygens (including phenoxy) is 2. The summed E-state index contributed by atoms with van der Waals surface area (Å²) in [5, 5.41) is 0. The van der Waals surface area contributed by atoms with Crippen LogP contribution in [-0.4, -0.2) is 65.2 Å². The molecule has 1 aliphatic heterocycles. The Kier molecular flexibility index (Phi) is 12.3. The zero-order chi connectivity index (χ0) is 29.6. The molecular formula is C17H29N3O14P3S2+. The number of nitrogens with one attached hydrogen (secondary N) is 1. The van der Waals surface area contributed by atoms with Gasteiger partial charge in [0, 0.05) is 17.4 Å². The van der Waals surface area contributed by atoms with E-state index < -0.39 is 59.8 Å². The van der Waals surface area contributed by atoms with Crippen molar-refractivity contribution in [1.82, 2.24) is 9.55 Å². The van der Waals surface area contributed by atoms with Crippen molar-refractivity contribution in [2.75, 3.05) is 19.1 Å². The number of rotatable bonds is 12. The molecule has 5 atom stereocenters. The van der Waals surface area contributed by atoms with Crippen LogP contribution < -0.4 is 17.0 Å². The molecule has 0 radical (unpaired) electrons. The fourth-order valence-corrected chi connectivity index (χ4v) is 7.96. The number of H-pyrrole nitrogens is 1. The average Bonchev–Trinajstić information content (AvgIpc) is 3.14. The fourth-order valence-electron chi connectivity index (χ4n) is 2.93. The van der Waals surface area contributed by atoms with Gasteiger partial charge >= 0.3 is 29.2 Å². The Morgan fingerprint density at radius 1 is 1.18 bits per heavy atom. The molecule has 17 nitrogen and oxygen atoms in total. The lowest BCUT2D eigenvalue weighted by molar-refractivity contribution is -0.349. The Bertz CT molecular complexity index is 1330. The first-order chi connectivity index (χ1) is 17.8. The standard InChI is InChI=1S/C17H28N3O14P3S2/c1-17(2,3)39-38-10-30-12-7-14(20-8-11(5-4-6-18)15(21)19-16(20)22)32-13(12)9-31-36(26,27)34-37(28,29)33-35(23,24)25/h8,12-14H,6-7,9-10,18H2,1-3H3,(H,26,27)(H,28,29)(H,19,21,22)(H2,23,24,25)/p+1. The maximum absolute atomic E-state index is 12.5. The van der Waals surface area contributed by atoms with Gasteiger partial charge in [-0.3, -0.25) is 18.9 Å². The SMILES string of the molecule is CC(C)(C)SSCOC1CC(n2cc(C#CC[NH3+])c(=O)[nH]c2=O)OC1COP(=O)(O)OP(=O)(O)OP(=O)(O)O. The van der Waals surface area contributed by atoms with Crippen molar-refractivity contribution in [3.8, 4) is 11.8 Å². The molecule has 1 saturated heterocycles. The largest absolute Gasteiger partial charge is 0.490 e. The minimum Gasteiger partial charge on any atom is -0.364 e. The van der Waals surface area contributed by atoms with Crippen molar-refractivity contribution in [1.29, 1.82) is 0 Å². The topological polar surface area (TPSA) is 261 Å². The average molecular weight is 656 g/mol. The quantitative estimate of drug-likeness (QED) is 0.0580. The number of hydrogen-bond donors (Lipinski definition) is 6. The van der Waals surface area contributed by atoms with Gasteiger partial charge < -0.3 is 34.8 Å². The summed E-state index contributed by atoms with van der Waals surface area (Å²) in [6.07, 6.45) is -1.84. The van der Waals surface area contributed by atoms with Crippen LogP contribution in [0.5, 0.6) is 0 Å². The summed E-state index contributed by atoms with van der Waals surface area (Å²) in [4.78, 5) is 63.1. The van der Waals surface area contributed by atoms with E-state index in [1.165, 1.54) is 27.8 Å². The molecule has 0 saturated carbocycles. The third-order valence-corrected chi connectivity index (χ3v) is 11.1. The van der Waals surface area contributed by atoms with Crippen LogP contribution in [0, 0.1) is 11.8 Å². The minimum atomic E-state index is -5.71. The van der Waals surface area contributed by atoms with Gasteiger partial charge in [0.2, 0.25) is 0 Å². The number of quaternary nitrogens is 1. The molecule has 2 heterocycles. The minimum absolute atomic E-state index is 0.0132. The first kappa shape index (κ1) is 34.4. The van der Waals surface area contributed by atoms with Crippen LogP contribution in [0.15, 0.2) is 15.8 Å². The molecule has 2 rings (SSSR count). The van der Waals surface area contributed by atoms with Gasteiger partial charge in [0.25, 0.3) is 5.56 Å². The number of phosphoric ester groups is 1. The smallest absolute Gasteiger partial charge is 0.364 e. The van der Waals surface area contributed by atoms with E-state index in [-0.39, 0.29) is 29.2 Å². The zero-order valence-electron chi connectivity index (χ0n) is 20.8. The normalized spacial score (nSPS) is 23.0. The van der Waals surface area contributed by atoms with Crippen LogP contribution in [0.25, 0.3) is 0 Å². The lowest BCUT2D eigenvalue weighted by Crippen LogP contribution is -2.49. The maximum Gasteiger partial charge on any atom is 0.490 e. The predicted molar refractivity (Wildman–Crippen MR) is 139 cm³/mol. The van der Waals surface area contributed by atoms with Gasteiger partial charge in [-0.25, -0.2) is 18.5 Å². The fraction of sp³-hybridized carbons (Fsp3) is 0.647. The number of aromatic nitrogens is 2. The molecule has 0 spiro atoms. The highest BCUT2D eigenvalue weighted by molar-refractivity contribution is 8.77. The molecule has 1 aromatic heterocycles. The van der Waals surface area contributed by atoms with E-state index >= 15 is 0 Å². The van der Waals surface area contributed by atoms with Gasteiger partial charge in [0.1, 0.15) is 30.4 Å². The molecule has 0 bridgehead atoms. The number of hydrogen-bond acceptors (Lipinski definition) is 12. The summed E-state index contributed by atoms with van der Waals surface area (Å²) < 4.78 is 59.2. The Hall–Kier alpha value is -0.770. The van der Waals surface area contributed by atoms with Crippen molar-refractivity contribution < 1.29 is 61.6 Å². The van der Waals surface area contributed by atoms with Crippen LogP contribution in [0.2, 0.25) is 0 Å². The number of nitrogens with zero attached hydrogens (tertiary/aromatic N) is 1. The third-order valence-electron chi connectivity index (χ3n) is 4.26. The molecule has 0 aliphatic carbocycles. The molecule has 222 valence electrons. The summed E-state index contributed by atoms with van der Waals surface area (Å²) in [6, 6.07) is 0. The highest BCUT2D eigenvalue weighted by atomic mass is 33.1. The maximum atomic E-state index is 12.5. The van der Waals surface area contributed by atoms with Crippen molar-refractivity contribution in [3.05, 3.63) is 32.6 Å². The summed E-state index contributed by atoms with van der Waals surface area (Å²) >= 11 is 0. The van der Waals surface area contributed by atoms with E-state index in [9.17, 15) is 33.1 Å². The number of phosphoric acid groups is 3. The molecule has 8 N–H and O–H groups in total. The molecule has 5 unspecified atom stereocenters. The Morgan fingerprint density at radius 3 is 2.44 bits per heavy atom. The molecule has 0 amide bonds. The van der Waals surface area contributed by atoms with Gasteiger partial charge in [-0.05, 0) is 5.92 Å². The van der Waals surface area contributed by atoms with Crippen molar-refractivity contribution in [2.45, 2.75) is 50.4 Å². The summed E-state index contributed by atoms with van der Waals surface area (Å²) in [5.41, 5.74) is 1.97. The van der Waals surface area contributed by atoms with Gasteiger partial charge in [-0.2, -0.15) is 8.62 Å². The van der Waals surface area contributed by atoms with E-state index in [0.717, 1.165) is 4.57 Å². The monoisotopic (exact) mass is 656 g/mol. The van der Waals surface area contributed by atoms with Gasteiger partial charge in [-0.15, -0.1) is 0 Å². The highest BCUT2D eigenvalue weighted by Gasteiger charge is 2.43. The second-order valence-corrected chi connectivity index (χ2v) is 16.1. The van der Waals surface area contributed by atoms with Crippen molar-refractivity contribution >= 4 is 45.1 Å². The lowest BCUT2D eigenvalue weighted by atomic mass is 10.2. The molecule has 22 heteroatoms. The van der Waals surface area contributed by atoms with E-state index in [0.29, 0.717) is 0 Å². The zero-order valence-corrected chi connectivity index (χ0v) is 25.1. The first-order valence-corrected chi connectivity index (χ1v) is 17.6. The van der Waals surface area contributed by atoms with Crippen LogP contribution in [0.1, 0.15) is 39.0 Å². The highest BCUT2D eigenvalue weighted by Crippen LogP contribution is 2.66. The van der Waals surface area contributed by atoms with Gasteiger partial charge in [0.15, 0.2) is 0 Å². The van der Waals surface area contributed by atoms with Gasteiger partial charge in [-0.1, -0.05) is 48.3 Å². The molecule has 39 heavy (non-hydrogen) atoms. The summed E-state index contributed by atoms with van der Waals surface area (Å²) in [5.74, 6) is 5.33. The van der Waals surface area contributed by atoms with Crippen molar-refractivity contribution in [3.63, 3.8) is 0 Å². The molecule has 0 aromatic carbocycles. The third kappa shape index (κ3) is 12.3. The van der Waals surface area contributed by atoms with Crippen LogP contribution in [-0.2, 0) is 36.3 Å².